The molecule has 0 amide bonds. The Bertz CT molecular complexity index is 135. The highest BCUT2D eigenvalue weighted by molar-refractivity contribution is 5.03. The maximum atomic E-state index is 13.5. The van der Waals surface area contributed by atoms with E-state index in [0.717, 1.165) is 13.0 Å². The van der Waals surface area contributed by atoms with Crippen molar-refractivity contribution in [2.45, 2.75) is 19.0 Å². The van der Waals surface area contributed by atoms with Gasteiger partial charge in [-0.1, -0.05) is 19.6 Å². The molecular formula is C8H14FN. The summed E-state index contributed by atoms with van der Waals surface area (Å²) in [5.41, 5.74) is -1.17. The molecular weight excluding hydrogens is 129 g/mol. The van der Waals surface area contributed by atoms with E-state index in [2.05, 4.69) is 11.9 Å². The van der Waals surface area contributed by atoms with E-state index in [9.17, 15) is 4.39 Å². The van der Waals surface area contributed by atoms with Crippen LogP contribution in [0.1, 0.15) is 13.3 Å². The summed E-state index contributed by atoms with van der Waals surface area (Å²) < 4.78 is 13.5. The minimum Gasteiger partial charge on any atom is -0.313 e. The molecule has 1 heterocycles. The van der Waals surface area contributed by atoms with Gasteiger partial charge in [-0.15, -0.1) is 0 Å². The smallest absolute Gasteiger partial charge is 0.143 e. The minimum absolute atomic E-state index is 0.117. The van der Waals surface area contributed by atoms with Gasteiger partial charge in [0, 0.05) is 6.54 Å². The summed E-state index contributed by atoms with van der Waals surface area (Å²) in [6.07, 6.45) is 2.33. The lowest BCUT2D eigenvalue weighted by molar-refractivity contribution is 0.113. The third kappa shape index (κ3) is 1.21. The number of nitrogens with one attached hydrogen (secondary N) is 1. The van der Waals surface area contributed by atoms with Crippen LogP contribution in [0.3, 0.4) is 0 Å². The van der Waals surface area contributed by atoms with E-state index < -0.39 is 5.67 Å². The molecule has 1 fully saturated rings. The molecule has 1 aliphatic rings. The van der Waals surface area contributed by atoms with Gasteiger partial charge in [0.15, 0.2) is 0 Å². The molecule has 0 radical (unpaired) electrons. The summed E-state index contributed by atoms with van der Waals surface area (Å²) in [5, 5.41) is 3.01. The van der Waals surface area contributed by atoms with Gasteiger partial charge >= 0.3 is 0 Å². The first-order valence-electron chi connectivity index (χ1n) is 3.72. The molecule has 2 atom stereocenters. The van der Waals surface area contributed by atoms with Gasteiger partial charge in [0.1, 0.15) is 5.67 Å². The van der Waals surface area contributed by atoms with Crippen LogP contribution >= 0.6 is 0 Å². The van der Waals surface area contributed by atoms with Crippen LogP contribution in [-0.2, 0) is 0 Å². The normalized spacial score (nSPS) is 41.2. The monoisotopic (exact) mass is 143 g/mol. The zero-order chi connectivity index (χ0) is 7.61. The van der Waals surface area contributed by atoms with Crippen LogP contribution in [0.4, 0.5) is 4.39 Å². The summed E-state index contributed by atoms with van der Waals surface area (Å²) in [5.74, 6) is 0.117. The van der Waals surface area contributed by atoms with Crippen LogP contribution < -0.4 is 5.32 Å². The van der Waals surface area contributed by atoms with Crippen molar-refractivity contribution in [2.24, 2.45) is 5.92 Å². The standard InChI is InChI=1S/C8H14FN/c1-3-8(9)6-10-5-4-7(8)2/h3,7,10H,1,4-6H2,2H3. The highest BCUT2D eigenvalue weighted by Crippen LogP contribution is 2.27. The zero-order valence-electron chi connectivity index (χ0n) is 6.36. The molecule has 0 aromatic heterocycles. The number of alkyl halides is 1. The van der Waals surface area contributed by atoms with Gasteiger partial charge in [0.2, 0.25) is 0 Å². The molecule has 0 bridgehead atoms. The summed E-state index contributed by atoms with van der Waals surface area (Å²) >= 11 is 0. The van der Waals surface area contributed by atoms with Crippen molar-refractivity contribution >= 4 is 0 Å². The molecule has 0 aliphatic carbocycles. The van der Waals surface area contributed by atoms with Crippen molar-refractivity contribution in [3.8, 4) is 0 Å². The Kier molecular flexibility index (Phi) is 2.09. The van der Waals surface area contributed by atoms with E-state index >= 15 is 0 Å². The van der Waals surface area contributed by atoms with Crippen LogP contribution in [-0.4, -0.2) is 18.8 Å². The van der Waals surface area contributed by atoms with Crippen LogP contribution in [0.25, 0.3) is 0 Å². The van der Waals surface area contributed by atoms with Crippen LogP contribution in [0.15, 0.2) is 12.7 Å². The highest BCUT2D eigenvalue weighted by atomic mass is 19.1. The van der Waals surface area contributed by atoms with Crippen molar-refractivity contribution < 1.29 is 4.39 Å². The van der Waals surface area contributed by atoms with Gasteiger partial charge in [0.05, 0.1) is 0 Å². The van der Waals surface area contributed by atoms with Crippen LogP contribution in [0.2, 0.25) is 0 Å². The third-order valence-corrected chi connectivity index (χ3v) is 2.31. The number of hydrogen-bond acceptors (Lipinski definition) is 1. The van der Waals surface area contributed by atoms with E-state index in [4.69, 9.17) is 0 Å². The van der Waals surface area contributed by atoms with E-state index in [1.165, 1.54) is 6.08 Å². The summed E-state index contributed by atoms with van der Waals surface area (Å²) in [7, 11) is 0. The predicted octanol–water partition coefficient (Wildman–Crippen LogP) is 1.51. The second kappa shape index (κ2) is 2.70. The quantitative estimate of drug-likeness (QED) is 0.549. The maximum Gasteiger partial charge on any atom is 0.143 e. The molecule has 1 nitrogen and oxygen atoms in total. The Morgan fingerprint density at radius 2 is 2.50 bits per heavy atom. The molecule has 0 aromatic rings. The Balaban J connectivity index is 2.62. The fourth-order valence-corrected chi connectivity index (χ4v) is 1.29. The second-order valence-electron chi connectivity index (χ2n) is 3.00. The highest BCUT2D eigenvalue weighted by Gasteiger charge is 2.34. The fraction of sp³-hybridized carbons (Fsp3) is 0.750. The lowest BCUT2D eigenvalue weighted by atomic mass is 9.85. The van der Waals surface area contributed by atoms with Gasteiger partial charge in [-0.25, -0.2) is 4.39 Å². The van der Waals surface area contributed by atoms with E-state index in [1.54, 1.807) is 0 Å². The number of rotatable bonds is 1. The minimum atomic E-state index is -1.17. The van der Waals surface area contributed by atoms with Crippen molar-refractivity contribution in [3.05, 3.63) is 12.7 Å². The third-order valence-electron chi connectivity index (χ3n) is 2.31. The average Bonchev–Trinajstić information content (AvgIpc) is 1.96. The van der Waals surface area contributed by atoms with Gasteiger partial charge in [0.25, 0.3) is 0 Å². The van der Waals surface area contributed by atoms with Crippen molar-refractivity contribution in [1.29, 1.82) is 0 Å². The molecule has 1 N–H and O–H groups in total. The van der Waals surface area contributed by atoms with Crippen molar-refractivity contribution in [1.82, 2.24) is 5.32 Å². The molecule has 2 heteroatoms. The molecule has 1 aliphatic heterocycles. The molecule has 2 unspecified atom stereocenters. The summed E-state index contributed by atoms with van der Waals surface area (Å²) in [4.78, 5) is 0. The maximum absolute atomic E-state index is 13.5. The van der Waals surface area contributed by atoms with Gasteiger partial charge in [-0.3, -0.25) is 0 Å². The Morgan fingerprint density at radius 3 is 2.90 bits per heavy atom. The van der Waals surface area contributed by atoms with Crippen LogP contribution in [0.5, 0.6) is 0 Å². The predicted molar refractivity (Wildman–Crippen MR) is 40.7 cm³/mol. The van der Waals surface area contributed by atoms with E-state index in [0.29, 0.717) is 6.54 Å². The van der Waals surface area contributed by atoms with Crippen molar-refractivity contribution in [2.75, 3.05) is 13.1 Å². The topological polar surface area (TPSA) is 12.0 Å². The largest absolute Gasteiger partial charge is 0.313 e. The number of halogens is 1. The van der Waals surface area contributed by atoms with Gasteiger partial charge in [-0.2, -0.15) is 0 Å². The van der Waals surface area contributed by atoms with Crippen molar-refractivity contribution in [3.63, 3.8) is 0 Å². The first kappa shape index (κ1) is 7.73. The molecule has 1 rings (SSSR count). The summed E-state index contributed by atoms with van der Waals surface area (Å²) in [6, 6.07) is 0. The first-order valence-corrected chi connectivity index (χ1v) is 3.72. The lowest BCUT2D eigenvalue weighted by Crippen LogP contribution is -2.46. The van der Waals surface area contributed by atoms with Gasteiger partial charge in [-0.05, 0) is 18.9 Å². The molecule has 0 spiro atoms. The SMILES string of the molecule is C=CC1(F)CNCCC1C. The Hall–Kier alpha value is -0.370. The average molecular weight is 143 g/mol. The van der Waals surface area contributed by atoms with E-state index in [1.807, 2.05) is 6.92 Å². The molecule has 0 aromatic carbocycles. The number of piperidine rings is 1. The Labute approximate surface area is 61.3 Å². The number of hydrogen-bond donors (Lipinski definition) is 1. The zero-order valence-corrected chi connectivity index (χ0v) is 6.36. The van der Waals surface area contributed by atoms with E-state index in [-0.39, 0.29) is 5.92 Å². The molecule has 0 saturated carbocycles. The summed E-state index contributed by atoms with van der Waals surface area (Å²) in [6.45, 7) is 6.78. The Morgan fingerprint density at radius 1 is 1.80 bits per heavy atom. The fourth-order valence-electron chi connectivity index (χ4n) is 1.29. The lowest BCUT2D eigenvalue weighted by Gasteiger charge is -2.33. The first-order chi connectivity index (χ1) is 4.69. The molecule has 1 saturated heterocycles. The van der Waals surface area contributed by atoms with Crippen LogP contribution in [0, 0.1) is 5.92 Å². The molecule has 58 valence electrons. The second-order valence-corrected chi connectivity index (χ2v) is 3.00. The van der Waals surface area contributed by atoms with Gasteiger partial charge < -0.3 is 5.32 Å². The molecule has 10 heavy (non-hydrogen) atoms.